The third kappa shape index (κ3) is 21.4. The first-order chi connectivity index (χ1) is 13.9. The van der Waals surface area contributed by atoms with E-state index in [9.17, 15) is 14.7 Å². The molecule has 0 heterocycles. The highest BCUT2D eigenvalue weighted by atomic mass is 16.4. The molecule has 0 rings (SSSR count). The Morgan fingerprint density at radius 1 is 0.690 bits per heavy atom. The van der Waals surface area contributed by atoms with E-state index in [2.05, 4.69) is 12.2 Å². The van der Waals surface area contributed by atoms with Crippen LogP contribution in [0, 0.1) is 0 Å². The number of likely N-dealkylation sites (N-methyl/N-ethyl adjacent to an activating group) is 1. The summed E-state index contributed by atoms with van der Waals surface area (Å²) in [6.45, 7) is 2.50. The molecule has 172 valence electrons. The summed E-state index contributed by atoms with van der Waals surface area (Å²) in [7, 11) is 3.54. The molecule has 5 heteroatoms. The highest BCUT2D eigenvalue weighted by Gasteiger charge is 2.16. The van der Waals surface area contributed by atoms with Crippen LogP contribution in [0.3, 0.4) is 0 Å². The minimum atomic E-state index is -1.10. The Bertz CT molecular complexity index is 411. The molecule has 0 saturated carbocycles. The van der Waals surface area contributed by atoms with Gasteiger partial charge in [-0.25, -0.2) is 0 Å². The number of hydrogen-bond acceptors (Lipinski definition) is 3. The summed E-state index contributed by atoms with van der Waals surface area (Å²) in [5.74, 6) is -1.08. The Morgan fingerprint density at radius 3 is 1.45 bits per heavy atom. The van der Waals surface area contributed by atoms with Gasteiger partial charge in [0.25, 0.3) is 0 Å². The van der Waals surface area contributed by atoms with Crippen LogP contribution in [0.25, 0.3) is 0 Å². The number of carboxylic acids is 1. The number of hydrogen-bond donors (Lipinski definition) is 1. The summed E-state index contributed by atoms with van der Waals surface area (Å²) >= 11 is 0. The Kier molecular flexibility index (Phi) is 18.2. The van der Waals surface area contributed by atoms with Gasteiger partial charge in [0, 0.05) is 6.42 Å². The van der Waals surface area contributed by atoms with E-state index < -0.39 is 5.97 Å². The molecule has 0 aromatic heterocycles. The van der Waals surface area contributed by atoms with E-state index in [1.54, 1.807) is 14.1 Å². The lowest BCUT2D eigenvalue weighted by molar-refractivity contribution is -0.886. The number of rotatable bonds is 21. The molecule has 0 aliphatic rings. The molecule has 0 aliphatic carbocycles. The summed E-state index contributed by atoms with van der Waals surface area (Å²) in [4.78, 5) is 22.5. The minimum Gasteiger partial charge on any atom is -0.544 e. The van der Waals surface area contributed by atoms with Crippen LogP contribution in [0.1, 0.15) is 116 Å². The molecule has 0 bridgehead atoms. The number of quaternary nitrogens is 1. The number of nitrogens with one attached hydrogen (secondary N) is 1. The molecular weight excluding hydrogens is 364 g/mol. The third-order valence-electron chi connectivity index (χ3n) is 5.52. The molecule has 0 spiro atoms. The van der Waals surface area contributed by atoms with Gasteiger partial charge in [0.2, 0.25) is 5.91 Å². The average molecular weight is 413 g/mol. The monoisotopic (exact) mass is 412 g/mol. The lowest BCUT2D eigenvalue weighted by atomic mass is 10.0. The van der Waals surface area contributed by atoms with Gasteiger partial charge in [0.1, 0.15) is 6.54 Å². The predicted molar refractivity (Wildman–Crippen MR) is 119 cm³/mol. The van der Waals surface area contributed by atoms with E-state index in [-0.39, 0.29) is 16.9 Å². The molecule has 0 unspecified atom stereocenters. The first-order valence-electron chi connectivity index (χ1n) is 12.2. The number of unbranched alkanes of at least 4 members (excludes halogenated alkanes) is 15. The van der Waals surface area contributed by atoms with E-state index in [0.29, 0.717) is 13.1 Å². The number of nitrogens with zero attached hydrogens (tertiary/aromatic N) is 1. The fraction of sp³-hybridized carbons (Fsp3) is 0.917. The van der Waals surface area contributed by atoms with Crippen molar-refractivity contribution in [1.29, 1.82) is 0 Å². The van der Waals surface area contributed by atoms with Crippen molar-refractivity contribution in [3.63, 3.8) is 0 Å². The van der Waals surface area contributed by atoms with Crippen LogP contribution in [0.5, 0.6) is 0 Å². The standard InChI is InChI=1S/C24H48N2O3/c1-4-5-6-7-8-9-10-11-12-13-14-15-16-17-18-19-20-23(27)25-22-26(2,3)21-24(28)29/h4-22H2,1-3H3,(H-,25,27,28,29). The molecule has 0 fully saturated rings. The second-order valence-electron chi connectivity index (χ2n) is 9.28. The summed E-state index contributed by atoms with van der Waals surface area (Å²) in [5.41, 5.74) is 0. The van der Waals surface area contributed by atoms with E-state index in [1.807, 2.05) is 0 Å². The molecule has 0 atom stereocenters. The summed E-state index contributed by atoms with van der Waals surface area (Å²) in [6, 6.07) is 0. The van der Waals surface area contributed by atoms with Crippen LogP contribution in [0.4, 0.5) is 0 Å². The summed E-state index contributed by atoms with van der Waals surface area (Å²) in [6.07, 6.45) is 21.7. The summed E-state index contributed by atoms with van der Waals surface area (Å²) < 4.78 is 0.201. The second kappa shape index (κ2) is 18.9. The molecule has 5 nitrogen and oxygen atoms in total. The average Bonchev–Trinajstić information content (AvgIpc) is 2.65. The maximum Gasteiger partial charge on any atom is 0.224 e. The van der Waals surface area contributed by atoms with Gasteiger partial charge >= 0.3 is 0 Å². The molecule has 29 heavy (non-hydrogen) atoms. The number of carboxylic acid groups (broad SMARTS) is 1. The topological polar surface area (TPSA) is 69.2 Å². The first-order valence-corrected chi connectivity index (χ1v) is 12.2. The number of carbonyl (C=O) groups is 2. The van der Waals surface area contributed by atoms with Gasteiger partial charge < -0.3 is 19.7 Å². The molecule has 1 N–H and O–H groups in total. The third-order valence-corrected chi connectivity index (χ3v) is 5.52. The zero-order valence-corrected chi connectivity index (χ0v) is 19.6. The van der Waals surface area contributed by atoms with Crippen molar-refractivity contribution in [2.75, 3.05) is 27.3 Å². The first kappa shape index (κ1) is 27.9. The van der Waals surface area contributed by atoms with Crippen LogP contribution < -0.4 is 10.4 Å². The normalized spacial score (nSPS) is 11.6. The van der Waals surface area contributed by atoms with Gasteiger partial charge in [-0.15, -0.1) is 0 Å². The van der Waals surface area contributed by atoms with E-state index in [0.717, 1.165) is 12.8 Å². The van der Waals surface area contributed by atoms with E-state index >= 15 is 0 Å². The smallest absolute Gasteiger partial charge is 0.224 e. The van der Waals surface area contributed by atoms with E-state index in [1.165, 1.54) is 89.9 Å². The van der Waals surface area contributed by atoms with Crippen molar-refractivity contribution in [2.24, 2.45) is 0 Å². The molecule has 0 radical (unpaired) electrons. The number of carbonyl (C=O) groups excluding carboxylic acids is 2. The minimum absolute atomic E-state index is 0.0138. The molecule has 0 saturated heterocycles. The van der Waals surface area contributed by atoms with E-state index in [4.69, 9.17) is 0 Å². The highest BCUT2D eigenvalue weighted by Crippen LogP contribution is 2.14. The lowest BCUT2D eigenvalue weighted by Crippen LogP contribution is -2.53. The Morgan fingerprint density at radius 2 is 1.07 bits per heavy atom. The van der Waals surface area contributed by atoms with Gasteiger partial charge in [0.05, 0.1) is 20.1 Å². The van der Waals surface area contributed by atoms with Crippen molar-refractivity contribution in [3.8, 4) is 0 Å². The zero-order valence-electron chi connectivity index (χ0n) is 19.6. The van der Waals surface area contributed by atoms with Gasteiger partial charge in [-0.2, -0.15) is 0 Å². The van der Waals surface area contributed by atoms with Crippen molar-refractivity contribution in [2.45, 2.75) is 116 Å². The van der Waals surface area contributed by atoms with Gasteiger partial charge in [0.15, 0.2) is 6.67 Å². The maximum atomic E-state index is 11.8. The zero-order chi connectivity index (χ0) is 21.8. The molecule has 0 aromatic carbocycles. The highest BCUT2D eigenvalue weighted by molar-refractivity contribution is 5.75. The maximum absolute atomic E-state index is 11.8. The van der Waals surface area contributed by atoms with Gasteiger partial charge in [-0.05, 0) is 6.42 Å². The van der Waals surface area contributed by atoms with Crippen molar-refractivity contribution in [1.82, 2.24) is 5.32 Å². The molecule has 0 aliphatic heterocycles. The fourth-order valence-corrected chi connectivity index (χ4v) is 3.63. The van der Waals surface area contributed by atoms with Crippen LogP contribution >= 0.6 is 0 Å². The fourth-order valence-electron chi connectivity index (χ4n) is 3.63. The predicted octanol–water partition coefficient (Wildman–Crippen LogP) is 4.54. The van der Waals surface area contributed by atoms with Crippen LogP contribution in [-0.4, -0.2) is 43.7 Å². The largest absolute Gasteiger partial charge is 0.544 e. The van der Waals surface area contributed by atoms with Crippen molar-refractivity contribution < 1.29 is 19.2 Å². The number of aliphatic carboxylic acids is 1. The van der Waals surface area contributed by atoms with Crippen LogP contribution in [-0.2, 0) is 9.59 Å². The molecular formula is C24H48N2O3. The Hall–Kier alpha value is -1.10. The summed E-state index contributed by atoms with van der Waals surface area (Å²) in [5, 5.41) is 13.5. The van der Waals surface area contributed by atoms with Crippen molar-refractivity contribution >= 4 is 11.9 Å². The molecule has 0 aromatic rings. The Labute approximate surface area is 180 Å². The van der Waals surface area contributed by atoms with Crippen molar-refractivity contribution in [3.05, 3.63) is 0 Å². The Balaban J connectivity index is 3.31. The lowest BCUT2D eigenvalue weighted by Gasteiger charge is -2.29. The number of amides is 1. The SMILES string of the molecule is CCCCCCCCCCCCCCCCCCC(=O)NC[N+](C)(C)CC(=O)[O-]. The second-order valence-corrected chi connectivity index (χ2v) is 9.28. The van der Waals surface area contributed by atoms with Crippen LogP contribution in [0.2, 0.25) is 0 Å². The van der Waals surface area contributed by atoms with Gasteiger partial charge in [-0.1, -0.05) is 103 Å². The van der Waals surface area contributed by atoms with Gasteiger partial charge in [-0.3, -0.25) is 4.79 Å². The quantitative estimate of drug-likeness (QED) is 0.171. The van der Waals surface area contributed by atoms with Crippen LogP contribution in [0.15, 0.2) is 0 Å². The molecule has 1 amide bonds.